The molecule has 1 unspecified atom stereocenters. The highest BCUT2D eigenvalue weighted by Crippen LogP contribution is 2.26. The molecule has 0 aliphatic heterocycles. The molecule has 20 heavy (non-hydrogen) atoms. The molecule has 0 aliphatic carbocycles. The molecule has 0 fully saturated rings. The molecule has 0 radical (unpaired) electrons. The number of nitrogens with two attached hydrogens (primary N) is 1. The van der Waals surface area contributed by atoms with Gasteiger partial charge in [0.2, 0.25) is 0 Å². The summed E-state index contributed by atoms with van der Waals surface area (Å²) in [5.74, 6) is 1.54. The summed E-state index contributed by atoms with van der Waals surface area (Å²) < 4.78 is 39.7. The fraction of sp³-hybridized carbons (Fsp3) is 0.200. The molecule has 0 spiro atoms. The number of rotatable bonds is 3. The second kappa shape index (κ2) is 5.64. The van der Waals surface area contributed by atoms with E-state index in [0.29, 0.717) is 0 Å². The van der Waals surface area contributed by atoms with Gasteiger partial charge in [0.15, 0.2) is 17.5 Å². The zero-order valence-electron chi connectivity index (χ0n) is 11.2. The van der Waals surface area contributed by atoms with Crippen LogP contribution < -0.4 is 11.3 Å². The van der Waals surface area contributed by atoms with Crippen molar-refractivity contribution in [1.29, 1.82) is 0 Å². The van der Waals surface area contributed by atoms with Crippen molar-refractivity contribution in [2.45, 2.75) is 19.9 Å². The zero-order valence-corrected chi connectivity index (χ0v) is 11.2. The first-order valence-corrected chi connectivity index (χ1v) is 6.11. The smallest absolute Gasteiger partial charge is 0.194 e. The average molecular weight is 280 g/mol. The van der Waals surface area contributed by atoms with Crippen LogP contribution in [0.15, 0.2) is 30.3 Å². The third kappa shape index (κ3) is 2.84. The fourth-order valence-electron chi connectivity index (χ4n) is 2.30. The monoisotopic (exact) mass is 280 g/mol. The number of benzene rings is 2. The van der Waals surface area contributed by atoms with Gasteiger partial charge in [0, 0.05) is 0 Å². The van der Waals surface area contributed by atoms with Crippen molar-refractivity contribution in [3.8, 4) is 0 Å². The number of hydrogen-bond donors (Lipinski definition) is 2. The Morgan fingerprint density at radius 3 is 1.75 bits per heavy atom. The molecule has 0 saturated carbocycles. The molecule has 0 aromatic heterocycles. The van der Waals surface area contributed by atoms with Crippen molar-refractivity contribution in [2.24, 2.45) is 5.84 Å². The number of halogens is 3. The van der Waals surface area contributed by atoms with Gasteiger partial charge in [-0.05, 0) is 37.1 Å². The Labute approximate surface area is 115 Å². The van der Waals surface area contributed by atoms with Gasteiger partial charge in [-0.3, -0.25) is 5.84 Å². The van der Waals surface area contributed by atoms with Crippen LogP contribution in [0.4, 0.5) is 13.2 Å². The minimum Gasteiger partial charge on any atom is -0.271 e. The van der Waals surface area contributed by atoms with E-state index in [2.05, 4.69) is 5.43 Å². The lowest BCUT2D eigenvalue weighted by Gasteiger charge is -2.18. The molecule has 0 saturated heterocycles. The molecule has 1 atom stereocenters. The van der Waals surface area contributed by atoms with Crippen molar-refractivity contribution in [3.05, 3.63) is 70.0 Å². The third-order valence-electron chi connectivity index (χ3n) is 3.08. The van der Waals surface area contributed by atoms with Crippen LogP contribution in [0, 0.1) is 31.3 Å². The number of aryl methyl sites for hydroxylation is 2. The normalized spacial score (nSPS) is 12.5. The van der Waals surface area contributed by atoms with Crippen LogP contribution in [0.25, 0.3) is 0 Å². The Kier molecular flexibility index (Phi) is 4.11. The van der Waals surface area contributed by atoms with Crippen LogP contribution in [0.1, 0.15) is 28.3 Å². The van der Waals surface area contributed by atoms with Crippen molar-refractivity contribution >= 4 is 0 Å². The summed E-state index contributed by atoms with van der Waals surface area (Å²) in [6.07, 6.45) is 0. The van der Waals surface area contributed by atoms with Gasteiger partial charge in [0.05, 0.1) is 6.04 Å². The van der Waals surface area contributed by atoms with Crippen LogP contribution in [-0.4, -0.2) is 0 Å². The fourth-order valence-corrected chi connectivity index (χ4v) is 2.30. The zero-order chi connectivity index (χ0) is 14.9. The Morgan fingerprint density at radius 1 is 0.850 bits per heavy atom. The molecule has 2 aromatic rings. The van der Waals surface area contributed by atoms with E-state index in [-0.39, 0.29) is 5.56 Å². The van der Waals surface area contributed by atoms with Gasteiger partial charge in [0.1, 0.15) is 0 Å². The van der Waals surface area contributed by atoms with E-state index in [1.807, 2.05) is 32.0 Å². The minimum absolute atomic E-state index is 0.230. The van der Waals surface area contributed by atoms with Gasteiger partial charge in [-0.25, -0.2) is 18.6 Å². The first-order chi connectivity index (χ1) is 9.42. The molecule has 106 valence electrons. The molecule has 0 bridgehead atoms. The molecular weight excluding hydrogens is 265 g/mol. The Morgan fingerprint density at radius 2 is 1.30 bits per heavy atom. The lowest BCUT2D eigenvalue weighted by atomic mass is 9.96. The second-order valence-corrected chi connectivity index (χ2v) is 4.82. The largest absolute Gasteiger partial charge is 0.271 e. The predicted octanol–water partition coefficient (Wildman–Crippen LogP) is 3.27. The Hall–Kier alpha value is -1.85. The molecule has 3 N–H and O–H groups in total. The maximum atomic E-state index is 13.3. The van der Waals surface area contributed by atoms with E-state index in [0.717, 1.165) is 28.8 Å². The van der Waals surface area contributed by atoms with Gasteiger partial charge < -0.3 is 0 Å². The molecule has 0 heterocycles. The maximum absolute atomic E-state index is 13.3. The Bertz CT molecular complexity index is 598. The lowest BCUT2D eigenvalue weighted by molar-refractivity contribution is 0.442. The van der Waals surface area contributed by atoms with E-state index in [9.17, 15) is 13.2 Å². The number of hydrazine groups is 1. The maximum Gasteiger partial charge on any atom is 0.194 e. The first kappa shape index (κ1) is 14.6. The van der Waals surface area contributed by atoms with Crippen LogP contribution in [0.2, 0.25) is 0 Å². The molecular formula is C15H15F3N2. The van der Waals surface area contributed by atoms with Gasteiger partial charge in [-0.1, -0.05) is 29.3 Å². The van der Waals surface area contributed by atoms with Gasteiger partial charge >= 0.3 is 0 Å². The quantitative estimate of drug-likeness (QED) is 0.514. The number of hydrogen-bond acceptors (Lipinski definition) is 2. The molecule has 2 rings (SSSR count). The van der Waals surface area contributed by atoms with Crippen LogP contribution in [-0.2, 0) is 0 Å². The van der Waals surface area contributed by atoms with Gasteiger partial charge in [-0.2, -0.15) is 0 Å². The summed E-state index contributed by atoms with van der Waals surface area (Å²) in [6, 6.07) is 6.97. The lowest BCUT2D eigenvalue weighted by Crippen LogP contribution is -2.29. The van der Waals surface area contributed by atoms with E-state index in [1.165, 1.54) is 0 Å². The van der Waals surface area contributed by atoms with E-state index >= 15 is 0 Å². The second-order valence-electron chi connectivity index (χ2n) is 4.82. The standard InChI is InChI=1S/C15H15F3N2/c1-8-3-9(2)5-10(4-8)15(20-19)11-6-12(16)14(18)13(17)7-11/h3-7,15,20H,19H2,1-2H3. The summed E-state index contributed by atoms with van der Waals surface area (Å²) in [5.41, 5.74) is 5.50. The number of nitrogens with one attached hydrogen (secondary N) is 1. The van der Waals surface area contributed by atoms with Crippen molar-refractivity contribution in [1.82, 2.24) is 5.43 Å². The molecule has 0 aliphatic rings. The molecule has 5 heteroatoms. The topological polar surface area (TPSA) is 38.0 Å². The van der Waals surface area contributed by atoms with Crippen LogP contribution in [0.3, 0.4) is 0 Å². The van der Waals surface area contributed by atoms with Crippen molar-refractivity contribution in [2.75, 3.05) is 0 Å². The third-order valence-corrected chi connectivity index (χ3v) is 3.08. The summed E-state index contributed by atoms with van der Waals surface area (Å²) in [5, 5.41) is 0. The summed E-state index contributed by atoms with van der Waals surface area (Å²) in [6.45, 7) is 3.83. The minimum atomic E-state index is -1.48. The van der Waals surface area contributed by atoms with Gasteiger partial charge in [-0.15, -0.1) is 0 Å². The Balaban J connectivity index is 2.52. The first-order valence-electron chi connectivity index (χ1n) is 6.11. The van der Waals surface area contributed by atoms with E-state index in [1.54, 1.807) is 0 Å². The SMILES string of the molecule is Cc1cc(C)cc(C(NN)c2cc(F)c(F)c(F)c2)c1. The highest BCUT2D eigenvalue weighted by atomic mass is 19.2. The molecule has 2 nitrogen and oxygen atoms in total. The highest BCUT2D eigenvalue weighted by Gasteiger charge is 2.18. The van der Waals surface area contributed by atoms with Crippen LogP contribution >= 0.6 is 0 Å². The average Bonchev–Trinajstić information content (AvgIpc) is 2.35. The van der Waals surface area contributed by atoms with Crippen molar-refractivity contribution in [3.63, 3.8) is 0 Å². The van der Waals surface area contributed by atoms with E-state index in [4.69, 9.17) is 5.84 Å². The van der Waals surface area contributed by atoms with Crippen LogP contribution in [0.5, 0.6) is 0 Å². The summed E-state index contributed by atoms with van der Waals surface area (Å²) in [7, 11) is 0. The van der Waals surface area contributed by atoms with E-state index < -0.39 is 23.5 Å². The molecule has 0 amide bonds. The predicted molar refractivity (Wildman–Crippen MR) is 71.4 cm³/mol. The summed E-state index contributed by atoms with van der Waals surface area (Å²) in [4.78, 5) is 0. The van der Waals surface area contributed by atoms with Crippen molar-refractivity contribution < 1.29 is 13.2 Å². The summed E-state index contributed by atoms with van der Waals surface area (Å²) >= 11 is 0. The molecule has 2 aromatic carbocycles. The highest BCUT2D eigenvalue weighted by molar-refractivity contribution is 5.37. The van der Waals surface area contributed by atoms with Gasteiger partial charge in [0.25, 0.3) is 0 Å².